The largest absolute Gasteiger partial charge is 0.394 e. The summed E-state index contributed by atoms with van der Waals surface area (Å²) in [6.45, 7) is 0.462. The zero-order valence-corrected chi connectivity index (χ0v) is 9.41. The molecule has 7 heteroatoms. The van der Waals surface area contributed by atoms with Gasteiger partial charge in [0.2, 0.25) is 0 Å². The van der Waals surface area contributed by atoms with Crippen LogP contribution in [0.3, 0.4) is 0 Å². The Bertz CT molecular complexity index is 534. The van der Waals surface area contributed by atoms with Gasteiger partial charge in [-0.2, -0.15) is 0 Å². The molecule has 0 amide bonds. The van der Waals surface area contributed by atoms with Crippen LogP contribution in [0, 0.1) is 10.1 Å². The van der Waals surface area contributed by atoms with E-state index >= 15 is 0 Å². The van der Waals surface area contributed by atoms with Crippen molar-refractivity contribution in [1.82, 2.24) is 4.98 Å². The number of nitro groups is 1. The first-order valence-corrected chi connectivity index (χ1v) is 5.13. The number of aromatic nitrogens is 1. The van der Waals surface area contributed by atoms with Crippen LogP contribution in [-0.2, 0) is 6.54 Å². The molecule has 1 aliphatic heterocycles. The second-order valence-corrected chi connectivity index (χ2v) is 3.70. The molecule has 0 bridgehead atoms. The molecule has 0 fully saturated rings. The monoisotopic (exact) mass is 251 g/mol. The third-order valence-corrected chi connectivity index (χ3v) is 2.33. The molecule has 17 heavy (non-hydrogen) atoms. The summed E-state index contributed by atoms with van der Waals surface area (Å²) in [5.41, 5.74) is 0.894. The smallest absolute Gasteiger partial charge is 0.259 e. The van der Waals surface area contributed by atoms with Crippen molar-refractivity contribution in [2.75, 3.05) is 0 Å². The van der Waals surface area contributed by atoms with Crippen LogP contribution < -0.4 is 0 Å². The van der Waals surface area contributed by atoms with Gasteiger partial charge >= 0.3 is 12.0 Å². The van der Waals surface area contributed by atoms with Crippen LogP contribution >= 0.6 is 11.6 Å². The third-order valence-electron chi connectivity index (χ3n) is 2.11. The minimum atomic E-state index is -0.529. The Morgan fingerprint density at radius 1 is 1.53 bits per heavy atom. The fourth-order valence-electron chi connectivity index (χ4n) is 1.37. The average molecular weight is 252 g/mol. The number of hydrogen-bond acceptors (Lipinski definition) is 4. The zero-order chi connectivity index (χ0) is 12.3. The van der Waals surface area contributed by atoms with Crippen molar-refractivity contribution in [1.29, 1.82) is 0 Å². The summed E-state index contributed by atoms with van der Waals surface area (Å²) in [6, 6.07) is 3.48. The lowest BCUT2D eigenvalue weighted by Gasteiger charge is -1.99. The maximum absolute atomic E-state index is 10.4. The van der Waals surface area contributed by atoms with Gasteiger partial charge in [0.1, 0.15) is 17.9 Å². The summed E-state index contributed by atoms with van der Waals surface area (Å²) in [6.07, 6.45) is 5.67. The lowest BCUT2D eigenvalue weighted by Crippen LogP contribution is -2.09. The van der Waals surface area contributed by atoms with Gasteiger partial charge in [0.05, 0.1) is 4.92 Å². The summed E-state index contributed by atoms with van der Waals surface area (Å²) < 4.78 is 1.66. The van der Waals surface area contributed by atoms with Crippen molar-refractivity contribution in [2.24, 2.45) is 4.99 Å². The van der Waals surface area contributed by atoms with Crippen LogP contribution in [0.25, 0.3) is 0 Å². The lowest BCUT2D eigenvalue weighted by molar-refractivity contribution is -0.502. The molecule has 0 spiro atoms. The molecular formula is C10H8ClN4O2+. The van der Waals surface area contributed by atoms with Gasteiger partial charge in [0.15, 0.2) is 6.21 Å². The van der Waals surface area contributed by atoms with Crippen molar-refractivity contribution in [3.63, 3.8) is 0 Å². The van der Waals surface area contributed by atoms with Gasteiger partial charge in [-0.3, -0.25) is 10.1 Å². The molecule has 0 radical (unpaired) electrons. The highest BCUT2D eigenvalue weighted by Crippen LogP contribution is 2.10. The van der Waals surface area contributed by atoms with E-state index < -0.39 is 4.92 Å². The number of halogens is 1. The Kier molecular flexibility index (Phi) is 3.24. The Morgan fingerprint density at radius 2 is 2.35 bits per heavy atom. The van der Waals surface area contributed by atoms with Crippen LogP contribution in [0.4, 0.5) is 0 Å². The van der Waals surface area contributed by atoms with E-state index in [9.17, 15) is 10.1 Å². The number of hydrogen-bond donors (Lipinski definition) is 0. The minimum absolute atomic E-state index is 0.296. The molecule has 0 saturated carbocycles. The van der Waals surface area contributed by atoms with E-state index in [1.165, 1.54) is 6.21 Å². The number of pyridine rings is 1. The van der Waals surface area contributed by atoms with E-state index in [0.29, 0.717) is 17.5 Å². The molecule has 86 valence electrons. The first-order chi connectivity index (χ1) is 8.15. The second-order valence-electron chi connectivity index (χ2n) is 3.32. The highest BCUT2D eigenvalue weighted by molar-refractivity contribution is 6.29. The summed E-state index contributed by atoms with van der Waals surface area (Å²) in [5.74, 6) is 0.296. The van der Waals surface area contributed by atoms with Crippen LogP contribution in [0.15, 0.2) is 35.3 Å². The fraction of sp³-hybridized carbons (Fsp3) is 0.100. The topological polar surface area (TPSA) is 71.4 Å². The average Bonchev–Trinajstić information content (AvgIpc) is 2.68. The van der Waals surface area contributed by atoms with Crippen molar-refractivity contribution >= 4 is 24.0 Å². The summed E-state index contributed by atoms with van der Waals surface area (Å²) >= 11 is 5.67. The highest BCUT2D eigenvalue weighted by Gasteiger charge is 2.20. The number of rotatable bonds is 3. The molecule has 0 unspecified atom stereocenters. The van der Waals surface area contributed by atoms with Crippen molar-refractivity contribution < 1.29 is 9.50 Å². The Balaban J connectivity index is 2.15. The molecular weight excluding hydrogens is 244 g/mol. The van der Waals surface area contributed by atoms with Gasteiger partial charge < -0.3 is 0 Å². The van der Waals surface area contributed by atoms with Crippen LogP contribution in [0.1, 0.15) is 5.56 Å². The highest BCUT2D eigenvalue weighted by atomic mass is 35.5. The SMILES string of the molecule is O=[N+]([O-])C=C1N=CC=[N+]1Cc1ccc(Cl)nc1. The second kappa shape index (κ2) is 4.84. The maximum atomic E-state index is 10.4. The Morgan fingerprint density at radius 3 is 3.00 bits per heavy atom. The quantitative estimate of drug-likeness (QED) is 0.354. The minimum Gasteiger partial charge on any atom is -0.259 e. The van der Waals surface area contributed by atoms with Gasteiger partial charge in [0.25, 0.3) is 0 Å². The molecule has 2 heterocycles. The van der Waals surface area contributed by atoms with Gasteiger partial charge in [-0.1, -0.05) is 17.7 Å². The van der Waals surface area contributed by atoms with E-state index in [1.807, 2.05) is 6.07 Å². The molecule has 1 aromatic rings. The van der Waals surface area contributed by atoms with Crippen molar-refractivity contribution in [3.8, 4) is 0 Å². The van der Waals surface area contributed by atoms with Crippen LogP contribution in [0.5, 0.6) is 0 Å². The third kappa shape index (κ3) is 2.94. The van der Waals surface area contributed by atoms with Gasteiger partial charge in [0, 0.05) is 11.8 Å². The molecule has 0 aliphatic carbocycles. The van der Waals surface area contributed by atoms with E-state index in [4.69, 9.17) is 11.6 Å². The first kappa shape index (κ1) is 11.4. The zero-order valence-electron chi connectivity index (χ0n) is 8.65. The van der Waals surface area contributed by atoms with Crippen molar-refractivity contribution in [2.45, 2.75) is 6.54 Å². The standard InChI is InChI=1S/C10H8ClN4O2/c11-9-2-1-8(5-13-9)6-14-4-3-12-10(14)7-15(16)17/h1-5,7H,6H2/q+1. The van der Waals surface area contributed by atoms with Gasteiger partial charge in [-0.05, 0) is 11.1 Å². The maximum Gasteiger partial charge on any atom is 0.394 e. The molecule has 0 N–H and O–H groups in total. The van der Waals surface area contributed by atoms with Crippen LogP contribution in [-0.4, -0.2) is 26.9 Å². The number of aliphatic imine (C=N–C) groups is 1. The van der Waals surface area contributed by atoms with E-state index in [-0.39, 0.29) is 0 Å². The normalized spacial score (nSPS) is 16.3. The molecule has 6 nitrogen and oxygen atoms in total. The van der Waals surface area contributed by atoms with Crippen LogP contribution in [0.2, 0.25) is 5.15 Å². The van der Waals surface area contributed by atoms with E-state index in [2.05, 4.69) is 9.98 Å². The van der Waals surface area contributed by atoms with E-state index in [0.717, 1.165) is 11.8 Å². The van der Waals surface area contributed by atoms with Gasteiger partial charge in [-0.25, -0.2) is 9.56 Å². The molecule has 0 aromatic carbocycles. The molecule has 1 aliphatic rings. The van der Waals surface area contributed by atoms with E-state index in [1.54, 1.807) is 23.1 Å². The molecule has 2 rings (SSSR count). The van der Waals surface area contributed by atoms with Gasteiger partial charge in [-0.15, -0.1) is 0 Å². The molecule has 1 aromatic heterocycles. The Labute approximate surface area is 102 Å². The summed E-state index contributed by atoms with van der Waals surface area (Å²) in [7, 11) is 0. The first-order valence-electron chi connectivity index (χ1n) is 4.75. The summed E-state index contributed by atoms with van der Waals surface area (Å²) in [5, 5.41) is 10.8. The Hall–Kier alpha value is -2.08. The fourth-order valence-corrected chi connectivity index (χ4v) is 1.48. The van der Waals surface area contributed by atoms with Crippen molar-refractivity contribution in [3.05, 3.63) is 51.2 Å². The summed E-state index contributed by atoms with van der Waals surface area (Å²) in [4.78, 5) is 17.7. The number of nitrogens with zero attached hydrogens (tertiary/aromatic N) is 4. The lowest BCUT2D eigenvalue weighted by atomic mass is 10.3. The molecule has 0 saturated heterocycles. The predicted octanol–water partition coefficient (Wildman–Crippen LogP) is 1.48. The molecule has 0 atom stereocenters. The predicted molar refractivity (Wildman–Crippen MR) is 62.8 cm³/mol.